The summed E-state index contributed by atoms with van der Waals surface area (Å²) >= 11 is 0. The van der Waals surface area contributed by atoms with Crippen LogP contribution in [0.5, 0.6) is 23.0 Å². The van der Waals surface area contributed by atoms with Crippen molar-refractivity contribution in [3.8, 4) is 23.0 Å². The number of carbonyl (C=O) groups excluding carboxylic acids is 1. The Bertz CT molecular complexity index is 1570. The normalized spacial score (nSPS) is 35.9. The molecule has 3 aliphatic rings. The van der Waals surface area contributed by atoms with Gasteiger partial charge < -0.3 is 89.0 Å². The molecule has 10 N–H and O–H groups in total. The van der Waals surface area contributed by atoms with E-state index in [1.54, 1.807) is 0 Å². The number of hydrogen-bond acceptors (Lipinski definition) is 19. The quantitative estimate of drug-likeness (QED) is 0.0585. The van der Waals surface area contributed by atoms with E-state index in [0.717, 1.165) is 6.08 Å². The number of rotatable bonds is 13. The third kappa shape index (κ3) is 9.76. The topological polar surface area (TPSA) is 293 Å². The molecule has 2 aromatic carbocycles. The molecule has 19 heteroatoms. The van der Waals surface area contributed by atoms with E-state index in [9.17, 15) is 55.9 Å². The molecule has 3 aliphatic heterocycles. The van der Waals surface area contributed by atoms with Crippen molar-refractivity contribution in [2.45, 2.75) is 99.4 Å². The third-order valence-corrected chi connectivity index (χ3v) is 9.17. The summed E-state index contributed by atoms with van der Waals surface area (Å²) in [5.74, 6) is -1.72. The van der Waals surface area contributed by atoms with Gasteiger partial charge in [0.05, 0.1) is 33.0 Å². The molecule has 3 saturated heterocycles. The van der Waals surface area contributed by atoms with Crippen LogP contribution >= 0.6 is 0 Å². The molecule has 0 bridgehead atoms. The molecule has 14 atom stereocenters. The van der Waals surface area contributed by atoms with E-state index in [2.05, 4.69) is 0 Å². The molecule has 0 amide bonds. The maximum atomic E-state index is 13.3. The second kappa shape index (κ2) is 18.3. The molecule has 2 aromatic rings. The van der Waals surface area contributed by atoms with Crippen molar-refractivity contribution in [2.75, 3.05) is 26.9 Å². The maximum Gasteiger partial charge on any atom is 0.331 e. The minimum absolute atomic E-state index is 0.130. The lowest BCUT2D eigenvalue weighted by molar-refractivity contribution is -0.362. The minimum Gasteiger partial charge on any atom is -0.504 e. The highest BCUT2D eigenvalue weighted by Crippen LogP contribution is 2.33. The summed E-state index contributed by atoms with van der Waals surface area (Å²) < 4.78 is 45.4. The van der Waals surface area contributed by atoms with Crippen molar-refractivity contribution in [1.29, 1.82) is 0 Å². The molecule has 0 spiro atoms. The van der Waals surface area contributed by atoms with Crippen molar-refractivity contribution in [1.82, 2.24) is 0 Å². The Hall–Kier alpha value is -3.67. The number of aromatic hydroxyl groups is 3. The zero-order valence-corrected chi connectivity index (χ0v) is 29.2. The van der Waals surface area contributed by atoms with Crippen molar-refractivity contribution in [3.05, 3.63) is 53.6 Å². The molecular formula is C35H46O19. The Morgan fingerprint density at radius 2 is 1.50 bits per heavy atom. The molecule has 300 valence electrons. The smallest absolute Gasteiger partial charge is 0.331 e. The molecule has 0 aliphatic carbocycles. The second-order valence-electron chi connectivity index (χ2n) is 13.0. The summed E-state index contributed by atoms with van der Waals surface area (Å²) in [5, 5.41) is 103. The van der Waals surface area contributed by atoms with E-state index in [4.69, 9.17) is 37.9 Å². The fourth-order valence-electron chi connectivity index (χ4n) is 6.01. The Morgan fingerprint density at radius 3 is 2.22 bits per heavy atom. The predicted molar refractivity (Wildman–Crippen MR) is 179 cm³/mol. The number of methoxy groups -OCH3 is 1. The van der Waals surface area contributed by atoms with E-state index < -0.39 is 105 Å². The predicted octanol–water partition coefficient (Wildman–Crippen LogP) is -2.25. The fourth-order valence-corrected chi connectivity index (χ4v) is 6.01. The van der Waals surface area contributed by atoms with Gasteiger partial charge in [0.25, 0.3) is 0 Å². The van der Waals surface area contributed by atoms with Crippen molar-refractivity contribution in [3.63, 3.8) is 0 Å². The van der Waals surface area contributed by atoms with Gasteiger partial charge in [-0.15, -0.1) is 0 Å². The molecule has 3 fully saturated rings. The lowest BCUT2D eigenvalue weighted by atomic mass is 9.96. The highest BCUT2D eigenvalue weighted by Gasteiger charge is 2.53. The van der Waals surface area contributed by atoms with Gasteiger partial charge in [-0.1, -0.05) is 12.1 Å². The van der Waals surface area contributed by atoms with E-state index in [0.29, 0.717) is 11.1 Å². The third-order valence-electron chi connectivity index (χ3n) is 9.17. The first kappa shape index (κ1) is 41.5. The number of benzene rings is 2. The van der Waals surface area contributed by atoms with Crippen LogP contribution in [0, 0.1) is 0 Å². The molecule has 5 rings (SSSR count). The summed E-state index contributed by atoms with van der Waals surface area (Å²) in [4.78, 5) is 13.3. The van der Waals surface area contributed by atoms with Crippen LogP contribution in [0.15, 0.2) is 42.5 Å². The lowest BCUT2D eigenvalue weighted by Crippen LogP contribution is -2.65. The van der Waals surface area contributed by atoms with Crippen LogP contribution in [-0.2, 0) is 44.4 Å². The summed E-state index contributed by atoms with van der Waals surface area (Å²) in [6.45, 7) is 0.285. The number of phenols is 3. The summed E-state index contributed by atoms with van der Waals surface area (Å²) in [5.41, 5.74) is 0.964. The Labute approximate surface area is 308 Å². The van der Waals surface area contributed by atoms with E-state index in [1.165, 1.54) is 56.5 Å². The maximum absolute atomic E-state index is 13.3. The van der Waals surface area contributed by atoms with Crippen LogP contribution in [0.25, 0.3) is 6.08 Å². The number of esters is 1. The van der Waals surface area contributed by atoms with Gasteiger partial charge in [-0.3, -0.25) is 0 Å². The molecular weight excluding hydrogens is 724 g/mol. The molecule has 0 saturated carbocycles. The van der Waals surface area contributed by atoms with Gasteiger partial charge >= 0.3 is 5.97 Å². The zero-order valence-electron chi connectivity index (χ0n) is 29.2. The Morgan fingerprint density at radius 1 is 0.778 bits per heavy atom. The van der Waals surface area contributed by atoms with Crippen LogP contribution in [0.2, 0.25) is 0 Å². The zero-order chi connectivity index (χ0) is 39.3. The summed E-state index contributed by atoms with van der Waals surface area (Å²) in [7, 11) is 1.34. The van der Waals surface area contributed by atoms with Gasteiger partial charge in [0.15, 0.2) is 48.0 Å². The van der Waals surface area contributed by atoms with Gasteiger partial charge in [0.1, 0.15) is 54.9 Å². The molecule has 54 heavy (non-hydrogen) atoms. The van der Waals surface area contributed by atoms with Gasteiger partial charge in [-0.05, 0) is 54.8 Å². The van der Waals surface area contributed by atoms with Gasteiger partial charge in [0, 0.05) is 6.08 Å². The van der Waals surface area contributed by atoms with E-state index in [-0.39, 0.29) is 36.0 Å². The monoisotopic (exact) mass is 770 g/mol. The second-order valence-corrected chi connectivity index (χ2v) is 13.0. The average molecular weight is 771 g/mol. The van der Waals surface area contributed by atoms with Crippen molar-refractivity contribution in [2.24, 2.45) is 0 Å². The number of hydrogen-bond donors (Lipinski definition) is 10. The highest BCUT2D eigenvalue weighted by atomic mass is 16.8. The first-order chi connectivity index (χ1) is 25.7. The number of phenolic OH excluding ortho intramolecular Hbond substituents is 3. The number of aliphatic hydroxyl groups is 7. The van der Waals surface area contributed by atoms with Gasteiger partial charge in [0.2, 0.25) is 0 Å². The molecule has 0 radical (unpaired) electrons. The van der Waals surface area contributed by atoms with Gasteiger partial charge in [-0.2, -0.15) is 0 Å². The SMILES string of the molecule is COc1cc(C=CC(=O)O[C@H]2[C@H](O[C@@H]3O[C@@H](C)[C@H](O)[C@@H](O)[C@H]3O)[C@@H](O)[C@H](OCCc3ccc(O)c(O)c3)O[C@@H]2CO[C@H]2OC[C@H](O)[C@H](O)[C@H]2O)ccc1O. The first-order valence-corrected chi connectivity index (χ1v) is 17.0. The average Bonchev–Trinajstić information content (AvgIpc) is 3.15. The standard InChI is InChI=1S/C35H46O19/c1-15-25(41)27(43)29(45)35(51-15)54-32-30(46)34(48-10-9-17-3-6-18(36)20(38)11-17)52-23(14-50-33-28(44)26(42)21(39)13-49-33)31(32)53-24(40)8-5-16-4-7-19(37)22(12-16)47-2/h3-8,11-12,15,21,23,25-39,41-46H,9-10,13-14H2,1-2H3/t15-,21-,23+,25-,26-,27+,28+,29+,30+,31+,32+,33+,34+,35-/m0/s1. The van der Waals surface area contributed by atoms with Crippen LogP contribution in [0.1, 0.15) is 18.1 Å². The minimum atomic E-state index is -1.85. The lowest BCUT2D eigenvalue weighted by Gasteiger charge is -2.47. The molecule has 0 aromatic heterocycles. The number of ether oxygens (including phenoxy) is 8. The van der Waals surface area contributed by atoms with E-state index >= 15 is 0 Å². The Balaban J connectivity index is 1.42. The van der Waals surface area contributed by atoms with Crippen molar-refractivity contribution >= 4 is 12.0 Å². The van der Waals surface area contributed by atoms with Crippen LogP contribution in [0.4, 0.5) is 0 Å². The first-order valence-electron chi connectivity index (χ1n) is 17.0. The van der Waals surface area contributed by atoms with Crippen LogP contribution in [0.3, 0.4) is 0 Å². The number of aliphatic hydroxyl groups excluding tert-OH is 7. The van der Waals surface area contributed by atoms with Crippen LogP contribution in [-0.4, -0.2) is 170 Å². The molecule has 3 heterocycles. The van der Waals surface area contributed by atoms with Crippen molar-refractivity contribution < 1.29 is 93.8 Å². The summed E-state index contributed by atoms with van der Waals surface area (Å²) in [6.07, 6.45) is -19.6. The number of carbonyl (C=O) groups is 1. The van der Waals surface area contributed by atoms with Gasteiger partial charge in [-0.25, -0.2) is 4.79 Å². The van der Waals surface area contributed by atoms with Crippen LogP contribution < -0.4 is 4.74 Å². The summed E-state index contributed by atoms with van der Waals surface area (Å²) in [6, 6.07) is 8.39. The largest absolute Gasteiger partial charge is 0.504 e. The fraction of sp³-hybridized carbons (Fsp3) is 0.571. The highest BCUT2D eigenvalue weighted by molar-refractivity contribution is 5.87. The molecule has 19 nitrogen and oxygen atoms in total. The Kier molecular flexibility index (Phi) is 14.1. The molecule has 0 unspecified atom stereocenters. The van der Waals surface area contributed by atoms with E-state index in [1.807, 2.05) is 0 Å².